The third kappa shape index (κ3) is 1.59. The van der Waals surface area contributed by atoms with Crippen molar-refractivity contribution in [3.63, 3.8) is 0 Å². The van der Waals surface area contributed by atoms with Crippen LogP contribution in [0, 0.1) is 11.8 Å². The first-order valence-electron chi connectivity index (χ1n) is 3.59. The highest BCUT2D eigenvalue weighted by Crippen LogP contribution is 2.22. The second-order valence-corrected chi connectivity index (χ2v) is 2.91. The molecule has 1 rings (SSSR count). The molecule has 2 atom stereocenters. The fourth-order valence-corrected chi connectivity index (χ4v) is 1.30. The summed E-state index contributed by atoms with van der Waals surface area (Å²) in [6.07, 6.45) is 5.55. The van der Waals surface area contributed by atoms with Gasteiger partial charge in [0.15, 0.2) is 0 Å². The number of rotatable bonds is 1. The lowest BCUT2D eigenvalue weighted by Gasteiger charge is -2.17. The molecule has 0 spiro atoms. The first kappa shape index (κ1) is 7.32. The van der Waals surface area contributed by atoms with Crippen molar-refractivity contribution in [1.29, 1.82) is 0 Å². The highest BCUT2D eigenvalue weighted by Gasteiger charge is 2.20. The molecule has 1 aliphatic rings. The third-order valence-corrected chi connectivity index (χ3v) is 1.89. The Balaban J connectivity index is 2.52. The monoisotopic (exact) mass is 140 g/mol. The molecule has 2 heteroatoms. The predicted octanol–water partition coefficient (Wildman–Crippen LogP) is 1.67. The van der Waals surface area contributed by atoms with Crippen LogP contribution >= 0.6 is 0 Å². The highest BCUT2D eigenvalue weighted by molar-refractivity contribution is 5.70. The Bertz CT molecular complexity index is 161. The average Bonchev–Trinajstić information content (AvgIpc) is 1.88. The van der Waals surface area contributed by atoms with Gasteiger partial charge < -0.3 is 5.11 Å². The van der Waals surface area contributed by atoms with Crippen LogP contribution in [0.3, 0.4) is 0 Å². The number of hydrogen-bond donors (Lipinski definition) is 1. The molecule has 1 aliphatic carbocycles. The van der Waals surface area contributed by atoms with Crippen LogP contribution in [0.15, 0.2) is 12.2 Å². The summed E-state index contributed by atoms with van der Waals surface area (Å²) in [7, 11) is 0. The molecule has 0 radical (unpaired) electrons. The lowest BCUT2D eigenvalue weighted by Crippen LogP contribution is -2.17. The predicted molar refractivity (Wildman–Crippen MR) is 38.7 cm³/mol. The minimum Gasteiger partial charge on any atom is -0.481 e. The molecule has 0 saturated carbocycles. The zero-order valence-electron chi connectivity index (χ0n) is 6.08. The van der Waals surface area contributed by atoms with Gasteiger partial charge in [0.2, 0.25) is 0 Å². The van der Waals surface area contributed by atoms with Crippen molar-refractivity contribution in [3.05, 3.63) is 12.2 Å². The number of carboxylic acid groups (broad SMARTS) is 1. The topological polar surface area (TPSA) is 37.3 Å². The number of aliphatic carboxylic acids is 1. The van der Waals surface area contributed by atoms with E-state index in [1.165, 1.54) is 0 Å². The Labute approximate surface area is 60.6 Å². The standard InChI is InChI=1S/C8H12O2/c1-6-3-2-4-7(5-6)8(9)10/h2-3,6-7H,4-5H2,1H3,(H,9,10)/t6-,7+/m1/s1. The molecule has 0 unspecified atom stereocenters. The van der Waals surface area contributed by atoms with Crippen molar-refractivity contribution in [2.24, 2.45) is 11.8 Å². The van der Waals surface area contributed by atoms with Crippen LogP contribution in [0.5, 0.6) is 0 Å². The van der Waals surface area contributed by atoms with E-state index in [1.807, 2.05) is 13.0 Å². The Morgan fingerprint density at radius 2 is 2.40 bits per heavy atom. The van der Waals surface area contributed by atoms with E-state index >= 15 is 0 Å². The maximum Gasteiger partial charge on any atom is 0.306 e. The van der Waals surface area contributed by atoms with Crippen molar-refractivity contribution in [2.45, 2.75) is 19.8 Å². The summed E-state index contributed by atoms with van der Waals surface area (Å²) in [6.45, 7) is 2.05. The fraction of sp³-hybridized carbons (Fsp3) is 0.625. The van der Waals surface area contributed by atoms with Gasteiger partial charge in [-0.1, -0.05) is 19.1 Å². The molecule has 0 bridgehead atoms. The summed E-state index contributed by atoms with van der Waals surface area (Å²) in [4.78, 5) is 10.5. The second-order valence-electron chi connectivity index (χ2n) is 2.91. The van der Waals surface area contributed by atoms with Gasteiger partial charge in [-0.2, -0.15) is 0 Å². The molecule has 2 nitrogen and oxygen atoms in total. The number of hydrogen-bond acceptors (Lipinski definition) is 1. The van der Waals surface area contributed by atoms with Gasteiger partial charge in [-0.25, -0.2) is 0 Å². The Morgan fingerprint density at radius 3 is 2.80 bits per heavy atom. The van der Waals surface area contributed by atoms with E-state index < -0.39 is 5.97 Å². The lowest BCUT2D eigenvalue weighted by molar-refractivity contribution is -0.142. The van der Waals surface area contributed by atoms with E-state index in [4.69, 9.17) is 5.11 Å². The van der Waals surface area contributed by atoms with Crippen molar-refractivity contribution < 1.29 is 9.90 Å². The number of allylic oxidation sites excluding steroid dienone is 2. The molecule has 56 valence electrons. The fourth-order valence-electron chi connectivity index (χ4n) is 1.30. The van der Waals surface area contributed by atoms with E-state index in [-0.39, 0.29) is 5.92 Å². The summed E-state index contributed by atoms with van der Waals surface area (Å²) in [6, 6.07) is 0. The zero-order valence-corrected chi connectivity index (χ0v) is 6.08. The Kier molecular flexibility index (Phi) is 2.10. The van der Waals surface area contributed by atoms with Crippen molar-refractivity contribution in [2.75, 3.05) is 0 Å². The Morgan fingerprint density at radius 1 is 1.70 bits per heavy atom. The van der Waals surface area contributed by atoms with Gasteiger partial charge in [-0.05, 0) is 18.8 Å². The molecular formula is C8H12O2. The molecule has 10 heavy (non-hydrogen) atoms. The highest BCUT2D eigenvalue weighted by atomic mass is 16.4. The van der Waals surface area contributed by atoms with Crippen LogP contribution < -0.4 is 0 Å². The minimum absolute atomic E-state index is 0.139. The normalized spacial score (nSPS) is 32.1. The molecule has 0 saturated heterocycles. The Hall–Kier alpha value is -0.790. The molecule has 1 N–H and O–H groups in total. The van der Waals surface area contributed by atoms with Crippen LogP contribution in [0.25, 0.3) is 0 Å². The van der Waals surface area contributed by atoms with Gasteiger partial charge in [0, 0.05) is 0 Å². The summed E-state index contributed by atoms with van der Waals surface area (Å²) in [5.41, 5.74) is 0. The SMILES string of the molecule is C[C@@H]1C=CC[C@H](C(=O)O)C1. The quantitative estimate of drug-likeness (QED) is 0.562. The second kappa shape index (κ2) is 2.86. The van der Waals surface area contributed by atoms with Crippen LogP contribution in [-0.4, -0.2) is 11.1 Å². The van der Waals surface area contributed by atoms with Crippen LogP contribution in [-0.2, 0) is 4.79 Å². The first-order chi connectivity index (χ1) is 4.70. The van der Waals surface area contributed by atoms with E-state index in [1.54, 1.807) is 0 Å². The van der Waals surface area contributed by atoms with E-state index in [9.17, 15) is 4.79 Å². The summed E-state index contributed by atoms with van der Waals surface area (Å²) in [5.74, 6) is -0.356. The molecule has 0 heterocycles. The average molecular weight is 140 g/mol. The van der Waals surface area contributed by atoms with Gasteiger partial charge in [-0.3, -0.25) is 4.79 Å². The number of carboxylic acids is 1. The van der Waals surface area contributed by atoms with Gasteiger partial charge >= 0.3 is 5.97 Å². The first-order valence-corrected chi connectivity index (χ1v) is 3.59. The van der Waals surface area contributed by atoms with Crippen molar-refractivity contribution >= 4 is 5.97 Å². The largest absolute Gasteiger partial charge is 0.481 e. The van der Waals surface area contributed by atoms with Crippen LogP contribution in [0.4, 0.5) is 0 Å². The molecule has 0 aromatic heterocycles. The van der Waals surface area contributed by atoms with Gasteiger partial charge in [-0.15, -0.1) is 0 Å². The third-order valence-electron chi connectivity index (χ3n) is 1.89. The number of carbonyl (C=O) groups is 1. The van der Waals surface area contributed by atoms with Crippen molar-refractivity contribution in [3.8, 4) is 0 Å². The van der Waals surface area contributed by atoms with Crippen molar-refractivity contribution in [1.82, 2.24) is 0 Å². The molecule has 0 amide bonds. The van der Waals surface area contributed by atoms with E-state index in [2.05, 4.69) is 6.08 Å². The molecule has 0 aliphatic heterocycles. The van der Waals surface area contributed by atoms with E-state index in [0.29, 0.717) is 12.3 Å². The lowest BCUT2D eigenvalue weighted by atomic mass is 9.88. The summed E-state index contributed by atoms with van der Waals surface area (Å²) < 4.78 is 0. The minimum atomic E-state index is -0.656. The molecule has 0 aromatic carbocycles. The molecular weight excluding hydrogens is 128 g/mol. The van der Waals surface area contributed by atoms with Crippen LogP contribution in [0.1, 0.15) is 19.8 Å². The summed E-state index contributed by atoms with van der Waals surface area (Å²) in [5, 5.41) is 8.62. The van der Waals surface area contributed by atoms with Gasteiger partial charge in [0.25, 0.3) is 0 Å². The summed E-state index contributed by atoms with van der Waals surface area (Å²) >= 11 is 0. The maximum absolute atomic E-state index is 10.5. The van der Waals surface area contributed by atoms with E-state index in [0.717, 1.165) is 6.42 Å². The smallest absolute Gasteiger partial charge is 0.306 e. The van der Waals surface area contributed by atoms with Crippen LogP contribution in [0.2, 0.25) is 0 Å². The zero-order chi connectivity index (χ0) is 7.56. The molecule has 0 fully saturated rings. The van der Waals surface area contributed by atoms with Gasteiger partial charge in [0.1, 0.15) is 0 Å². The maximum atomic E-state index is 10.5. The molecule has 0 aromatic rings. The van der Waals surface area contributed by atoms with Gasteiger partial charge in [0.05, 0.1) is 5.92 Å².